The third kappa shape index (κ3) is 1.96. The molecule has 0 aliphatic carbocycles. The summed E-state index contributed by atoms with van der Waals surface area (Å²) in [5, 5.41) is 8.10. The number of rotatable bonds is 1. The van der Waals surface area contributed by atoms with Crippen LogP contribution in [-0.4, -0.2) is 28.9 Å². The maximum atomic E-state index is 4.55. The Morgan fingerprint density at radius 2 is 2.00 bits per heavy atom. The first-order chi connectivity index (χ1) is 9.38. The van der Waals surface area contributed by atoms with E-state index in [1.54, 1.807) is 0 Å². The molecule has 1 aliphatic rings. The second-order valence-electron chi connectivity index (χ2n) is 6.29. The summed E-state index contributed by atoms with van der Waals surface area (Å²) in [6.45, 7) is 7.55. The van der Waals surface area contributed by atoms with E-state index >= 15 is 0 Å². The van der Waals surface area contributed by atoms with Crippen molar-refractivity contribution in [2.45, 2.75) is 26.3 Å². The Morgan fingerprint density at radius 1 is 1.25 bits per heavy atom. The molecule has 0 saturated carbocycles. The van der Waals surface area contributed by atoms with Crippen LogP contribution >= 0.6 is 0 Å². The van der Waals surface area contributed by atoms with Crippen LogP contribution in [0.2, 0.25) is 0 Å². The largest absolute Gasteiger partial charge is 0.381 e. The van der Waals surface area contributed by atoms with Crippen LogP contribution in [0.15, 0.2) is 24.4 Å². The number of hydrogen-bond acceptors (Lipinski definition) is 3. The maximum Gasteiger partial charge on any atom is 0.0952 e. The molecule has 4 nitrogen and oxygen atoms in total. The Bertz CT molecular complexity index is 654. The van der Waals surface area contributed by atoms with Gasteiger partial charge < -0.3 is 10.2 Å². The molecule has 4 heteroatoms. The van der Waals surface area contributed by atoms with Crippen LogP contribution in [0.1, 0.15) is 19.4 Å². The van der Waals surface area contributed by atoms with Gasteiger partial charge in [-0.15, -0.1) is 0 Å². The average molecular weight is 270 g/mol. The van der Waals surface area contributed by atoms with E-state index in [4.69, 9.17) is 0 Å². The Morgan fingerprint density at radius 3 is 2.65 bits per heavy atom. The minimum absolute atomic E-state index is 0.134. The molecule has 0 spiro atoms. The number of benzene rings is 1. The third-order valence-corrected chi connectivity index (χ3v) is 4.26. The van der Waals surface area contributed by atoms with Crippen molar-refractivity contribution in [2.75, 3.05) is 23.8 Å². The van der Waals surface area contributed by atoms with Crippen LogP contribution in [0.5, 0.6) is 0 Å². The van der Waals surface area contributed by atoms with E-state index in [0.29, 0.717) is 0 Å². The van der Waals surface area contributed by atoms with Gasteiger partial charge in [0.15, 0.2) is 0 Å². The Kier molecular flexibility index (Phi) is 2.78. The monoisotopic (exact) mass is 270 g/mol. The second kappa shape index (κ2) is 4.27. The highest BCUT2D eigenvalue weighted by atomic mass is 15.3. The first-order valence-corrected chi connectivity index (χ1v) is 7.01. The molecular weight excluding hydrogens is 248 g/mol. The maximum absolute atomic E-state index is 4.55. The van der Waals surface area contributed by atoms with Gasteiger partial charge in [0.2, 0.25) is 0 Å². The fraction of sp³-hybridized carbons (Fsp3) is 0.438. The van der Waals surface area contributed by atoms with Gasteiger partial charge in [0.25, 0.3) is 0 Å². The highest BCUT2D eigenvalue weighted by Gasteiger charge is 2.29. The summed E-state index contributed by atoms with van der Waals surface area (Å²) >= 11 is 0. The second-order valence-corrected chi connectivity index (χ2v) is 6.29. The molecule has 0 fully saturated rings. The first-order valence-electron chi connectivity index (χ1n) is 7.01. The van der Waals surface area contributed by atoms with Crippen LogP contribution in [0.3, 0.4) is 0 Å². The van der Waals surface area contributed by atoms with Crippen LogP contribution in [0, 0.1) is 6.92 Å². The first kappa shape index (κ1) is 13.0. The van der Waals surface area contributed by atoms with Crippen molar-refractivity contribution in [3.8, 4) is 11.3 Å². The molecule has 0 bridgehead atoms. The Labute approximate surface area is 120 Å². The van der Waals surface area contributed by atoms with E-state index in [1.807, 2.05) is 11.7 Å². The van der Waals surface area contributed by atoms with E-state index in [2.05, 4.69) is 67.5 Å². The van der Waals surface area contributed by atoms with Crippen molar-refractivity contribution in [2.24, 2.45) is 7.05 Å². The minimum Gasteiger partial charge on any atom is -0.381 e. The number of nitrogens with one attached hydrogen (secondary N) is 1. The molecule has 1 N–H and O–H groups in total. The van der Waals surface area contributed by atoms with Crippen molar-refractivity contribution in [1.29, 1.82) is 0 Å². The van der Waals surface area contributed by atoms with Crippen LogP contribution in [-0.2, 0) is 7.05 Å². The summed E-state index contributed by atoms with van der Waals surface area (Å²) in [4.78, 5) is 2.34. The molecule has 2 heterocycles. The normalized spacial score (nSPS) is 16.8. The molecule has 106 valence electrons. The summed E-state index contributed by atoms with van der Waals surface area (Å²) in [6, 6.07) is 6.55. The smallest absolute Gasteiger partial charge is 0.0952 e. The highest BCUT2D eigenvalue weighted by Crippen LogP contribution is 2.37. The molecular formula is C16H22N4. The number of fused-ring (bicyclic) bond motifs is 1. The molecule has 0 saturated heterocycles. The van der Waals surface area contributed by atoms with Gasteiger partial charge in [-0.3, -0.25) is 4.68 Å². The number of aromatic nitrogens is 2. The number of hydrogen-bond donors (Lipinski definition) is 1. The zero-order valence-corrected chi connectivity index (χ0v) is 12.9. The number of anilines is 2. The van der Waals surface area contributed by atoms with Gasteiger partial charge in [-0.05, 0) is 38.5 Å². The molecule has 0 radical (unpaired) electrons. The fourth-order valence-electron chi connectivity index (χ4n) is 2.77. The summed E-state index contributed by atoms with van der Waals surface area (Å²) < 4.78 is 1.87. The van der Waals surface area contributed by atoms with Gasteiger partial charge in [0.1, 0.15) is 0 Å². The summed E-state index contributed by atoms with van der Waals surface area (Å²) in [6.07, 6.45) is 2.05. The number of nitrogens with zero attached hydrogens (tertiary/aromatic N) is 3. The average Bonchev–Trinajstić information content (AvgIpc) is 2.73. The quantitative estimate of drug-likeness (QED) is 0.864. The predicted molar refractivity (Wildman–Crippen MR) is 84.4 cm³/mol. The topological polar surface area (TPSA) is 33.1 Å². The third-order valence-electron chi connectivity index (χ3n) is 4.26. The van der Waals surface area contributed by atoms with Crippen molar-refractivity contribution < 1.29 is 0 Å². The van der Waals surface area contributed by atoms with Crippen molar-refractivity contribution in [1.82, 2.24) is 9.78 Å². The molecule has 20 heavy (non-hydrogen) atoms. The van der Waals surface area contributed by atoms with Crippen molar-refractivity contribution in [3.05, 3.63) is 30.0 Å². The van der Waals surface area contributed by atoms with E-state index in [0.717, 1.165) is 12.2 Å². The lowest BCUT2D eigenvalue weighted by molar-refractivity contribution is 0.503. The van der Waals surface area contributed by atoms with Gasteiger partial charge in [-0.1, -0.05) is 6.07 Å². The Hall–Kier alpha value is -1.97. The van der Waals surface area contributed by atoms with Gasteiger partial charge in [-0.2, -0.15) is 5.10 Å². The molecule has 0 amide bonds. The molecule has 1 aromatic heterocycles. The lowest BCUT2D eigenvalue weighted by atomic mass is 9.97. The zero-order chi connectivity index (χ0) is 14.5. The molecule has 0 unspecified atom stereocenters. The van der Waals surface area contributed by atoms with Gasteiger partial charge in [0, 0.05) is 32.4 Å². The Balaban J connectivity index is 2.05. The van der Waals surface area contributed by atoms with Gasteiger partial charge in [0.05, 0.1) is 22.6 Å². The van der Waals surface area contributed by atoms with Crippen molar-refractivity contribution >= 4 is 11.4 Å². The predicted octanol–water partition coefficient (Wildman–Crippen LogP) is 3.04. The molecule has 1 aromatic carbocycles. The van der Waals surface area contributed by atoms with E-state index in [-0.39, 0.29) is 5.54 Å². The summed E-state index contributed by atoms with van der Waals surface area (Å²) in [5.74, 6) is 0. The highest BCUT2D eigenvalue weighted by molar-refractivity contribution is 5.79. The SMILES string of the molecule is Cc1cn(C)nc1-c1ccc2c(c1)NCC(C)(C)N2C. The minimum atomic E-state index is 0.134. The van der Waals surface area contributed by atoms with Crippen molar-refractivity contribution in [3.63, 3.8) is 0 Å². The van der Waals surface area contributed by atoms with Gasteiger partial charge >= 0.3 is 0 Å². The van der Waals surface area contributed by atoms with E-state index in [1.165, 1.54) is 22.5 Å². The molecule has 1 aliphatic heterocycles. The lowest BCUT2D eigenvalue weighted by Crippen LogP contribution is -2.49. The number of aryl methyl sites for hydroxylation is 2. The lowest BCUT2D eigenvalue weighted by Gasteiger charge is -2.43. The van der Waals surface area contributed by atoms with Crippen LogP contribution < -0.4 is 10.2 Å². The number of likely N-dealkylation sites (N-methyl/N-ethyl adjacent to an activating group) is 1. The van der Waals surface area contributed by atoms with E-state index < -0.39 is 0 Å². The molecule has 2 aromatic rings. The standard InChI is InChI=1S/C16H22N4/c1-11-9-19(4)18-15(11)12-6-7-14-13(8-12)17-10-16(2,3)20(14)5/h6-9,17H,10H2,1-5H3. The molecule has 0 atom stereocenters. The van der Waals surface area contributed by atoms with Crippen LogP contribution in [0.4, 0.5) is 11.4 Å². The summed E-state index contributed by atoms with van der Waals surface area (Å²) in [7, 11) is 4.12. The van der Waals surface area contributed by atoms with E-state index in [9.17, 15) is 0 Å². The molecule has 3 rings (SSSR count). The summed E-state index contributed by atoms with van der Waals surface area (Å²) in [5.41, 5.74) is 6.01. The fourth-order valence-corrected chi connectivity index (χ4v) is 2.77. The van der Waals surface area contributed by atoms with Crippen LogP contribution in [0.25, 0.3) is 11.3 Å². The zero-order valence-electron chi connectivity index (χ0n) is 12.9. The van der Waals surface area contributed by atoms with Gasteiger partial charge in [-0.25, -0.2) is 0 Å².